The standard InChI is InChI=1S/C17H26BrNO2/c1-4-14(8-12-6-7-12)19-11-13-9-15(18)17(21-5-2)16(10-13)20-3/h9-10,12,14,19H,4-8,11H2,1-3H3. The molecule has 1 N–H and O–H groups in total. The van der Waals surface area contributed by atoms with Crippen LogP contribution >= 0.6 is 15.9 Å². The maximum atomic E-state index is 5.63. The maximum Gasteiger partial charge on any atom is 0.175 e. The number of ether oxygens (including phenoxy) is 2. The maximum absolute atomic E-state index is 5.63. The van der Waals surface area contributed by atoms with E-state index < -0.39 is 0 Å². The van der Waals surface area contributed by atoms with Gasteiger partial charge in [-0.15, -0.1) is 0 Å². The summed E-state index contributed by atoms with van der Waals surface area (Å²) in [6, 6.07) is 4.80. The third-order valence-corrected chi connectivity index (χ3v) is 4.57. The quantitative estimate of drug-likeness (QED) is 0.705. The van der Waals surface area contributed by atoms with Crippen LogP contribution in [0.2, 0.25) is 0 Å². The summed E-state index contributed by atoms with van der Waals surface area (Å²) in [5.74, 6) is 2.54. The Labute approximate surface area is 136 Å². The zero-order valence-electron chi connectivity index (χ0n) is 13.2. The molecule has 21 heavy (non-hydrogen) atoms. The molecule has 0 radical (unpaired) electrons. The van der Waals surface area contributed by atoms with Crippen molar-refractivity contribution in [3.63, 3.8) is 0 Å². The number of halogens is 1. The summed E-state index contributed by atoms with van der Waals surface area (Å²) in [5.41, 5.74) is 1.22. The van der Waals surface area contributed by atoms with Gasteiger partial charge in [-0.2, -0.15) is 0 Å². The first-order valence-corrected chi connectivity index (χ1v) is 8.69. The first-order valence-electron chi connectivity index (χ1n) is 7.90. The predicted octanol–water partition coefficient (Wildman–Crippen LogP) is 4.52. The Balaban J connectivity index is 2.00. The van der Waals surface area contributed by atoms with E-state index in [0.29, 0.717) is 12.6 Å². The van der Waals surface area contributed by atoms with Gasteiger partial charge in [0.15, 0.2) is 11.5 Å². The molecule has 1 fully saturated rings. The molecule has 0 amide bonds. The molecule has 1 atom stereocenters. The Hall–Kier alpha value is -0.740. The third-order valence-electron chi connectivity index (χ3n) is 3.98. The fourth-order valence-electron chi connectivity index (χ4n) is 2.57. The lowest BCUT2D eigenvalue weighted by molar-refractivity contribution is 0.308. The molecular formula is C17H26BrNO2. The molecule has 1 aromatic rings. The minimum absolute atomic E-state index is 0.619. The molecule has 3 nitrogen and oxygen atoms in total. The molecule has 1 aliphatic rings. The van der Waals surface area contributed by atoms with Crippen molar-refractivity contribution in [3.05, 3.63) is 22.2 Å². The molecular weight excluding hydrogens is 330 g/mol. The SMILES string of the molecule is CCOc1c(Br)cc(CNC(CC)CC2CC2)cc1OC. The van der Waals surface area contributed by atoms with Crippen LogP contribution in [0.15, 0.2) is 16.6 Å². The summed E-state index contributed by atoms with van der Waals surface area (Å²) < 4.78 is 12.0. The Morgan fingerprint density at radius 1 is 1.33 bits per heavy atom. The van der Waals surface area contributed by atoms with Crippen molar-refractivity contribution in [1.82, 2.24) is 5.32 Å². The van der Waals surface area contributed by atoms with Gasteiger partial charge in [0.2, 0.25) is 0 Å². The summed E-state index contributed by atoms with van der Waals surface area (Å²) >= 11 is 3.58. The number of hydrogen-bond donors (Lipinski definition) is 1. The van der Waals surface area contributed by atoms with E-state index in [0.717, 1.165) is 28.4 Å². The van der Waals surface area contributed by atoms with Crippen LogP contribution in [0, 0.1) is 5.92 Å². The zero-order chi connectivity index (χ0) is 15.2. The van der Waals surface area contributed by atoms with Crippen LogP contribution in [-0.2, 0) is 6.54 Å². The van der Waals surface area contributed by atoms with Crippen LogP contribution in [0.1, 0.15) is 45.1 Å². The van der Waals surface area contributed by atoms with E-state index in [-0.39, 0.29) is 0 Å². The predicted molar refractivity (Wildman–Crippen MR) is 90.1 cm³/mol. The molecule has 1 aromatic carbocycles. The van der Waals surface area contributed by atoms with Gasteiger partial charge in [-0.3, -0.25) is 0 Å². The first kappa shape index (κ1) is 16.6. The second-order valence-electron chi connectivity index (χ2n) is 5.71. The summed E-state index contributed by atoms with van der Waals surface area (Å²) in [4.78, 5) is 0. The summed E-state index contributed by atoms with van der Waals surface area (Å²) in [7, 11) is 1.68. The Morgan fingerprint density at radius 2 is 2.10 bits per heavy atom. The van der Waals surface area contributed by atoms with Gasteiger partial charge in [0.05, 0.1) is 18.2 Å². The first-order chi connectivity index (χ1) is 10.2. The van der Waals surface area contributed by atoms with Gasteiger partial charge in [0.1, 0.15) is 0 Å². The number of hydrogen-bond acceptors (Lipinski definition) is 3. The van der Waals surface area contributed by atoms with Crippen LogP contribution in [0.25, 0.3) is 0 Å². The van der Waals surface area contributed by atoms with Gasteiger partial charge in [-0.25, -0.2) is 0 Å². The topological polar surface area (TPSA) is 30.5 Å². The molecule has 1 saturated carbocycles. The fourth-order valence-corrected chi connectivity index (χ4v) is 3.18. The highest BCUT2D eigenvalue weighted by Crippen LogP contribution is 2.37. The summed E-state index contributed by atoms with van der Waals surface area (Å²) in [5, 5.41) is 3.67. The number of benzene rings is 1. The summed E-state index contributed by atoms with van der Waals surface area (Å²) in [6.45, 7) is 5.73. The van der Waals surface area contributed by atoms with Gasteiger partial charge < -0.3 is 14.8 Å². The van der Waals surface area contributed by atoms with Gasteiger partial charge >= 0.3 is 0 Å². The Bertz CT molecular complexity index is 460. The number of methoxy groups -OCH3 is 1. The van der Waals surface area contributed by atoms with Gasteiger partial charge in [0.25, 0.3) is 0 Å². The van der Waals surface area contributed by atoms with E-state index in [2.05, 4.69) is 40.3 Å². The average Bonchev–Trinajstić information content (AvgIpc) is 3.29. The molecule has 1 unspecified atom stereocenters. The zero-order valence-corrected chi connectivity index (χ0v) is 14.8. The number of rotatable bonds is 9. The van der Waals surface area contributed by atoms with Crippen molar-refractivity contribution < 1.29 is 9.47 Å². The molecule has 4 heteroatoms. The Morgan fingerprint density at radius 3 is 2.67 bits per heavy atom. The molecule has 0 bridgehead atoms. The molecule has 0 aromatic heterocycles. The molecule has 2 rings (SSSR count). The molecule has 0 aliphatic heterocycles. The minimum Gasteiger partial charge on any atom is -0.493 e. The van der Waals surface area contributed by atoms with E-state index in [4.69, 9.17) is 9.47 Å². The van der Waals surface area contributed by atoms with Crippen LogP contribution in [0.3, 0.4) is 0 Å². The molecule has 118 valence electrons. The second kappa shape index (κ2) is 8.04. The van der Waals surface area contributed by atoms with Crippen molar-refractivity contribution in [1.29, 1.82) is 0 Å². The summed E-state index contributed by atoms with van der Waals surface area (Å²) in [6.07, 6.45) is 5.33. The van der Waals surface area contributed by atoms with Crippen molar-refractivity contribution in [2.45, 2.75) is 52.1 Å². The highest BCUT2D eigenvalue weighted by atomic mass is 79.9. The van der Waals surface area contributed by atoms with Gasteiger partial charge in [0, 0.05) is 12.6 Å². The van der Waals surface area contributed by atoms with Crippen molar-refractivity contribution in [2.24, 2.45) is 5.92 Å². The van der Waals surface area contributed by atoms with Crippen LogP contribution in [-0.4, -0.2) is 19.8 Å². The molecule has 0 saturated heterocycles. The molecule has 0 heterocycles. The van der Waals surface area contributed by atoms with E-state index >= 15 is 0 Å². The highest BCUT2D eigenvalue weighted by Gasteiger charge is 2.24. The van der Waals surface area contributed by atoms with Crippen molar-refractivity contribution in [3.8, 4) is 11.5 Å². The van der Waals surface area contributed by atoms with Gasteiger partial charge in [-0.1, -0.05) is 19.8 Å². The third kappa shape index (κ3) is 4.89. The van der Waals surface area contributed by atoms with Crippen molar-refractivity contribution in [2.75, 3.05) is 13.7 Å². The minimum atomic E-state index is 0.619. The van der Waals surface area contributed by atoms with Crippen LogP contribution in [0.4, 0.5) is 0 Å². The number of nitrogens with one attached hydrogen (secondary N) is 1. The molecule has 0 spiro atoms. The average molecular weight is 356 g/mol. The second-order valence-corrected chi connectivity index (χ2v) is 6.56. The highest BCUT2D eigenvalue weighted by molar-refractivity contribution is 9.10. The normalized spacial score (nSPS) is 15.8. The Kier molecular flexibility index (Phi) is 6.37. The largest absolute Gasteiger partial charge is 0.493 e. The van der Waals surface area contributed by atoms with E-state index in [9.17, 15) is 0 Å². The monoisotopic (exact) mass is 355 g/mol. The van der Waals surface area contributed by atoms with Crippen molar-refractivity contribution >= 4 is 15.9 Å². The van der Waals surface area contributed by atoms with Crippen LogP contribution in [0.5, 0.6) is 11.5 Å². The van der Waals surface area contributed by atoms with Gasteiger partial charge in [-0.05, 0) is 59.3 Å². The van der Waals surface area contributed by atoms with E-state index in [1.165, 1.54) is 31.2 Å². The fraction of sp³-hybridized carbons (Fsp3) is 0.647. The molecule has 1 aliphatic carbocycles. The smallest absolute Gasteiger partial charge is 0.175 e. The van der Waals surface area contributed by atoms with E-state index in [1.54, 1.807) is 7.11 Å². The lowest BCUT2D eigenvalue weighted by atomic mass is 10.1. The lowest BCUT2D eigenvalue weighted by Crippen LogP contribution is -2.28. The lowest BCUT2D eigenvalue weighted by Gasteiger charge is -2.18. The van der Waals surface area contributed by atoms with E-state index in [1.807, 2.05) is 6.92 Å². The van der Waals surface area contributed by atoms with Crippen LogP contribution < -0.4 is 14.8 Å².